The second kappa shape index (κ2) is 8.34. The lowest BCUT2D eigenvalue weighted by atomic mass is 10.1. The van der Waals surface area contributed by atoms with Gasteiger partial charge in [0.2, 0.25) is 5.82 Å². The fourth-order valence-corrected chi connectivity index (χ4v) is 3.26. The molecule has 0 atom stereocenters. The molecule has 0 unspecified atom stereocenters. The lowest BCUT2D eigenvalue weighted by molar-refractivity contribution is -0.145. The minimum Gasteiger partial charge on any atom is -0.465 e. The van der Waals surface area contributed by atoms with Crippen molar-refractivity contribution in [2.45, 2.75) is 13.1 Å². The number of ether oxygens (including phenoxy) is 1. The summed E-state index contributed by atoms with van der Waals surface area (Å²) in [5, 5.41) is 2.57. The molecule has 1 amide bonds. The Kier molecular flexibility index (Phi) is 5.54. The number of aryl methyl sites for hydroxylation is 1. The first-order valence-corrected chi connectivity index (χ1v) is 9.56. The first-order valence-electron chi connectivity index (χ1n) is 9.56. The zero-order chi connectivity index (χ0) is 23.8. The maximum Gasteiger partial charge on any atom is 0.450 e. The molecule has 168 valence electrons. The number of aromatic nitrogens is 4. The summed E-state index contributed by atoms with van der Waals surface area (Å²) >= 11 is 0. The van der Waals surface area contributed by atoms with Crippen molar-refractivity contribution in [3.8, 4) is 5.82 Å². The van der Waals surface area contributed by atoms with Crippen LogP contribution in [0.25, 0.3) is 16.9 Å². The van der Waals surface area contributed by atoms with Crippen molar-refractivity contribution in [1.29, 1.82) is 0 Å². The van der Waals surface area contributed by atoms with E-state index in [0.717, 1.165) is 22.5 Å². The van der Waals surface area contributed by atoms with E-state index in [9.17, 15) is 22.8 Å². The molecule has 0 saturated carbocycles. The Morgan fingerprint density at radius 3 is 2.45 bits per heavy atom. The molecule has 2 heterocycles. The summed E-state index contributed by atoms with van der Waals surface area (Å²) < 4.78 is 46.5. The Morgan fingerprint density at radius 1 is 1.06 bits per heavy atom. The standard InChI is InChI=1S/C22H16F3N5O3/c1-12-5-3-4-6-14(12)19(31)29-17-10-27-18(11-26-17)30-16-8-7-13(20(32)33-2)9-15(16)28-21(30)22(23,24)25/h3-11H,1-2H3,(H,26,29,31). The molecule has 0 saturated heterocycles. The Labute approximate surface area is 185 Å². The van der Waals surface area contributed by atoms with Crippen molar-refractivity contribution in [2.24, 2.45) is 0 Å². The number of alkyl halides is 3. The van der Waals surface area contributed by atoms with E-state index in [1.54, 1.807) is 31.2 Å². The van der Waals surface area contributed by atoms with E-state index in [1.807, 2.05) is 0 Å². The largest absolute Gasteiger partial charge is 0.465 e. The number of carbonyl (C=O) groups excluding carboxylic acids is 2. The van der Waals surface area contributed by atoms with Gasteiger partial charge in [-0.25, -0.2) is 19.7 Å². The fourth-order valence-electron chi connectivity index (χ4n) is 3.26. The number of amides is 1. The zero-order valence-corrected chi connectivity index (χ0v) is 17.3. The number of hydrogen-bond donors (Lipinski definition) is 1. The van der Waals surface area contributed by atoms with E-state index in [2.05, 4.69) is 25.0 Å². The maximum absolute atomic E-state index is 13.7. The summed E-state index contributed by atoms with van der Waals surface area (Å²) in [5.74, 6) is -2.45. The third-order valence-electron chi connectivity index (χ3n) is 4.83. The molecule has 0 radical (unpaired) electrons. The van der Waals surface area contributed by atoms with Crippen LogP contribution >= 0.6 is 0 Å². The summed E-state index contributed by atoms with van der Waals surface area (Å²) in [4.78, 5) is 35.9. The van der Waals surface area contributed by atoms with Crippen molar-refractivity contribution in [3.05, 3.63) is 77.4 Å². The van der Waals surface area contributed by atoms with Crippen LogP contribution in [0.15, 0.2) is 54.9 Å². The molecule has 0 aliphatic rings. The number of hydrogen-bond acceptors (Lipinski definition) is 6. The van der Waals surface area contributed by atoms with E-state index in [4.69, 9.17) is 0 Å². The average Bonchev–Trinajstić information content (AvgIpc) is 3.18. The van der Waals surface area contributed by atoms with Crippen LogP contribution in [-0.2, 0) is 10.9 Å². The highest BCUT2D eigenvalue weighted by Gasteiger charge is 2.38. The molecule has 2 aromatic carbocycles. The van der Waals surface area contributed by atoms with Gasteiger partial charge in [0, 0.05) is 5.56 Å². The quantitative estimate of drug-likeness (QED) is 0.464. The maximum atomic E-state index is 13.7. The van der Waals surface area contributed by atoms with E-state index in [1.165, 1.54) is 25.3 Å². The van der Waals surface area contributed by atoms with Crippen LogP contribution in [0.2, 0.25) is 0 Å². The van der Waals surface area contributed by atoms with Crippen LogP contribution in [0.1, 0.15) is 32.1 Å². The zero-order valence-electron chi connectivity index (χ0n) is 17.3. The van der Waals surface area contributed by atoms with E-state index in [-0.39, 0.29) is 28.2 Å². The van der Waals surface area contributed by atoms with Crippen LogP contribution in [-0.4, -0.2) is 38.5 Å². The highest BCUT2D eigenvalue weighted by Crippen LogP contribution is 2.33. The molecule has 33 heavy (non-hydrogen) atoms. The fraction of sp³-hybridized carbons (Fsp3) is 0.136. The third-order valence-corrected chi connectivity index (χ3v) is 4.83. The van der Waals surface area contributed by atoms with Gasteiger partial charge in [0.15, 0.2) is 11.6 Å². The molecule has 8 nitrogen and oxygen atoms in total. The van der Waals surface area contributed by atoms with Crippen molar-refractivity contribution < 1.29 is 27.5 Å². The molecule has 1 N–H and O–H groups in total. The number of halogens is 3. The molecule has 4 rings (SSSR count). The first-order chi connectivity index (χ1) is 15.7. The number of esters is 1. The van der Waals surface area contributed by atoms with Crippen LogP contribution in [0.4, 0.5) is 19.0 Å². The van der Waals surface area contributed by atoms with Gasteiger partial charge in [-0.1, -0.05) is 18.2 Å². The molecular weight excluding hydrogens is 439 g/mol. The predicted octanol–water partition coefficient (Wildman–Crippen LogP) is 4.18. The van der Waals surface area contributed by atoms with E-state index >= 15 is 0 Å². The van der Waals surface area contributed by atoms with Crippen LogP contribution in [0.5, 0.6) is 0 Å². The second-order valence-electron chi connectivity index (χ2n) is 6.99. The van der Waals surface area contributed by atoms with Gasteiger partial charge < -0.3 is 10.1 Å². The normalized spacial score (nSPS) is 11.4. The smallest absolute Gasteiger partial charge is 0.450 e. The molecule has 0 bridgehead atoms. The molecule has 2 aromatic heterocycles. The average molecular weight is 455 g/mol. The predicted molar refractivity (Wildman–Crippen MR) is 112 cm³/mol. The molecule has 11 heteroatoms. The van der Waals surface area contributed by atoms with Gasteiger partial charge in [-0.2, -0.15) is 13.2 Å². The van der Waals surface area contributed by atoms with Crippen LogP contribution < -0.4 is 5.32 Å². The summed E-state index contributed by atoms with van der Waals surface area (Å²) in [6.07, 6.45) is -2.55. The molecule has 0 spiro atoms. The number of fused-ring (bicyclic) bond motifs is 1. The Morgan fingerprint density at radius 2 is 1.82 bits per heavy atom. The van der Waals surface area contributed by atoms with Crippen molar-refractivity contribution in [2.75, 3.05) is 12.4 Å². The highest BCUT2D eigenvalue weighted by atomic mass is 19.4. The van der Waals surface area contributed by atoms with Gasteiger partial charge in [0.25, 0.3) is 5.91 Å². The lowest BCUT2D eigenvalue weighted by Gasteiger charge is -2.11. The Hall–Kier alpha value is -4.28. The van der Waals surface area contributed by atoms with Gasteiger partial charge in [0.05, 0.1) is 36.1 Å². The number of nitrogens with zero attached hydrogens (tertiary/aromatic N) is 4. The monoisotopic (exact) mass is 455 g/mol. The molecule has 0 aliphatic heterocycles. The topological polar surface area (TPSA) is 99.0 Å². The minimum atomic E-state index is -4.80. The molecule has 0 fully saturated rings. The summed E-state index contributed by atoms with van der Waals surface area (Å²) in [7, 11) is 1.17. The van der Waals surface area contributed by atoms with Gasteiger partial charge in [-0.05, 0) is 36.8 Å². The molecule has 0 aliphatic carbocycles. The Bertz CT molecular complexity index is 1360. The minimum absolute atomic E-state index is 0.0590. The van der Waals surface area contributed by atoms with Crippen molar-refractivity contribution in [3.63, 3.8) is 0 Å². The number of methoxy groups -OCH3 is 1. The first kappa shape index (κ1) is 21.9. The van der Waals surface area contributed by atoms with Crippen LogP contribution in [0, 0.1) is 6.92 Å². The number of carbonyl (C=O) groups is 2. The summed E-state index contributed by atoms with van der Waals surface area (Å²) in [6, 6.07) is 10.8. The number of imidazole rings is 1. The van der Waals surface area contributed by atoms with Gasteiger partial charge in [-0.3, -0.25) is 9.36 Å². The van der Waals surface area contributed by atoms with E-state index in [0.29, 0.717) is 5.56 Å². The SMILES string of the molecule is COC(=O)c1ccc2c(c1)nc(C(F)(F)F)n2-c1cnc(NC(=O)c2ccccc2C)cn1. The number of benzene rings is 2. The summed E-state index contributed by atoms with van der Waals surface area (Å²) in [6.45, 7) is 1.78. The molecule has 4 aromatic rings. The molecular formula is C22H16F3N5O3. The number of rotatable bonds is 4. The van der Waals surface area contributed by atoms with Gasteiger partial charge >= 0.3 is 12.1 Å². The second-order valence-corrected chi connectivity index (χ2v) is 6.99. The summed E-state index contributed by atoms with van der Waals surface area (Å²) in [5.41, 5.74) is 1.25. The van der Waals surface area contributed by atoms with Gasteiger partial charge in [0.1, 0.15) is 0 Å². The number of nitrogens with one attached hydrogen (secondary N) is 1. The Balaban J connectivity index is 1.71. The van der Waals surface area contributed by atoms with Crippen LogP contribution in [0.3, 0.4) is 0 Å². The number of anilines is 1. The lowest BCUT2D eigenvalue weighted by Crippen LogP contribution is -2.16. The van der Waals surface area contributed by atoms with Crippen molar-refractivity contribution >= 4 is 28.7 Å². The third kappa shape index (κ3) is 4.25. The van der Waals surface area contributed by atoms with Crippen molar-refractivity contribution in [1.82, 2.24) is 19.5 Å². The highest BCUT2D eigenvalue weighted by molar-refractivity contribution is 6.04. The van der Waals surface area contributed by atoms with Gasteiger partial charge in [-0.15, -0.1) is 0 Å². The van der Waals surface area contributed by atoms with E-state index < -0.39 is 23.9 Å².